The van der Waals surface area contributed by atoms with Gasteiger partial charge in [0.1, 0.15) is 5.60 Å². The number of benzene rings is 8. The van der Waals surface area contributed by atoms with Gasteiger partial charge in [-0.05, 0) is 134 Å². The van der Waals surface area contributed by atoms with E-state index in [1.807, 2.05) is 97.1 Å². The number of aromatic nitrogens is 8. The molecule has 0 radical (unpaired) electrons. The van der Waals surface area contributed by atoms with Gasteiger partial charge in [0.2, 0.25) is 0 Å². The van der Waals surface area contributed by atoms with Gasteiger partial charge in [-0.1, -0.05) is 250 Å². The van der Waals surface area contributed by atoms with E-state index in [1.54, 1.807) is 0 Å². The van der Waals surface area contributed by atoms with E-state index in [4.69, 9.17) is 19.9 Å². The van der Waals surface area contributed by atoms with Gasteiger partial charge in [-0.25, -0.2) is 19.9 Å². The monoisotopic (exact) mass is 1380 g/mol. The quantitative estimate of drug-likeness (QED) is 0.0835. The maximum atomic E-state index is 17.9. The summed E-state index contributed by atoms with van der Waals surface area (Å²) in [6.45, 7) is 1.39. The number of H-pyrrole nitrogens is 4. The van der Waals surface area contributed by atoms with Gasteiger partial charge in [0.05, 0.1) is 57.7 Å². The third-order valence-corrected chi connectivity index (χ3v) is 23.2. The lowest BCUT2D eigenvalue weighted by Crippen LogP contribution is -2.45. The zero-order valence-electron chi connectivity index (χ0n) is 58.1. The molecule has 11 nitrogen and oxygen atoms in total. The van der Waals surface area contributed by atoms with Crippen LogP contribution in [0.15, 0.2) is 291 Å². The van der Waals surface area contributed by atoms with E-state index in [0.717, 1.165) is 161 Å². The predicted molar refractivity (Wildman–Crippen MR) is 433 cm³/mol. The molecule has 5 atom stereocenters. The first kappa shape index (κ1) is 62.1. The standard InChI is InChI=1S/C96H66N8O3/c1-95-87(84-86(94(95)106)92-82(62-40-24-9-25-41-62)74-53-49-70(102-74)78(58-32-16-5-17-33-58)66-45-43-64(98-66)76(56-28-12-3-13-29-56)68-47-51-72(100-68)80(90(84)104-92)60-36-20-7-21-37-60)88-83-85(93(95)96(88,107)54-105)91-81(61-38-22-8-23-39-61)73-52-48-69(101-73)77(57-30-14-4-15-31-57)65-44-42-63(97-65)75(55-26-10-2-11-27-55)67-46-50-71(99-67)79(89(83)103-91)59-34-18-6-19-35-59/h2-53,87-88,93,99-102,105,107H,54H2,1H3/t87?,88-,93+,95?,96?/m1/s1. The van der Waals surface area contributed by atoms with Gasteiger partial charge in [-0.2, -0.15) is 0 Å². The molecule has 10 heterocycles. The van der Waals surface area contributed by atoms with Gasteiger partial charge in [-0.15, -0.1) is 0 Å². The molecule has 3 unspecified atom stereocenters. The number of Topliss-reactive ketones (excluding diaryl/α,β-unsaturated/α-hetero) is 1. The van der Waals surface area contributed by atoms with Crippen LogP contribution in [-0.4, -0.2) is 68.1 Å². The zero-order valence-corrected chi connectivity index (χ0v) is 58.1. The number of aliphatic hydroxyl groups is 2. The molecule has 0 amide bonds. The Labute approximate surface area is 615 Å². The molecule has 18 bridgehead atoms. The molecule has 508 valence electrons. The number of hydrogen-bond acceptors (Lipinski definition) is 7. The zero-order chi connectivity index (χ0) is 71.2. The van der Waals surface area contributed by atoms with Crippen molar-refractivity contribution in [2.24, 2.45) is 23.2 Å². The Morgan fingerprint density at radius 2 is 0.542 bits per heavy atom. The van der Waals surface area contributed by atoms with E-state index in [-0.39, 0.29) is 5.78 Å². The Balaban J connectivity index is 0.924. The van der Waals surface area contributed by atoms with Crippen LogP contribution >= 0.6 is 0 Å². The summed E-state index contributed by atoms with van der Waals surface area (Å²) in [5, 5.41) is 27.7. The Bertz CT molecular complexity index is 6580. The molecule has 4 aliphatic heterocycles. The van der Waals surface area contributed by atoms with E-state index in [9.17, 15) is 10.2 Å². The first-order valence-electron chi connectivity index (χ1n) is 36.5. The lowest BCUT2D eigenvalue weighted by Gasteiger charge is -2.37. The van der Waals surface area contributed by atoms with Crippen molar-refractivity contribution in [3.05, 3.63) is 337 Å². The fraction of sp³-hybridized carbons (Fsp3) is 0.0729. The summed E-state index contributed by atoms with van der Waals surface area (Å²) in [5.41, 5.74) is 25.1. The summed E-state index contributed by atoms with van der Waals surface area (Å²) >= 11 is 0. The smallest absolute Gasteiger partial charge is 0.172 e. The topological polar surface area (TPSA) is 172 Å². The highest BCUT2D eigenvalue weighted by molar-refractivity contribution is 6.38. The second-order valence-electron chi connectivity index (χ2n) is 28.9. The van der Waals surface area contributed by atoms with Crippen LogP contribution in [0.5, 0.6) is 0 Å². The average molecular weight is 1380 g/mol. The fourth-order valence-corrected chi connectivity index (χ4v) is 18.8. The van der Waals surface area contributed by atoms with E-state index in [2.05, 4.69) is 245 Å². The van der Waals surface area contributed by atoms with Crippen LogP contribution in [0.4, 0.5) is 0 Å². The van der Waals surface area contributed by atoms with Crippen LogP contribution in [0.25, 0.3) is 180 Å². The number of aromatic amines is 4. The molecule has 3 aliphatic carbocycles. The van der Waals surface area contributed by atoms with Crippen molar-refractivity contribution in [2.45, 2.75) is 12.5 Å². The number of allylic oxidation sites excluding steroid dienone is 2. The van der Waals surface area contributed by atoms with Crippen molar-refractivity contribution in [1.82, 2.24) is 39.9 Å². The fourth-order valence-electron chi connectivity index (χ4n) is 18.8. The summed E-state index contributed by atoms with van der Waals surface area (Å²) < 4.78 is 0. The van der Waals surface area contributed by atoms with Crippen molar-refractivity contribution < 1.29 is 15.0 Å². The molecule has 14 aromatic rings. The number of nitrogens with zero attached hydrogens (tertiary/aromatic N) is 4. The average Bonchev–Trinajstić information content (AvgIpc) is 1.46. The molecule has 6 N–H and O–H groups in total. The number of rotatable bonds is 9. The van der Waals surface area contributed by atoms with Crippen LogP contribution in [0.2, 0.25) is 0 Å². The van der Waals surface area contributed by atoms with Gasteiger partial charge in [0.25, 0.3) is 0 Å². The maximum Gasteiger partial charge on any atom is 0.172 e. The Kier molecular flexibility index (Phi) is 14.0. The molecule has 11 heteroatoms. The van der Waals surface area contributed by atoms with Gasteiger partial charge < -0.3 is 30.1 Å². The molecule has 1 fully saturated rings. The van der Waals surface area contributed by atoms with Crippen molar-refractivity contribution in [2.75, 3.05) is 6.61 Å². The van der Waals surface area contributed by atoms with Crippen LogP contribution in [0.1, 0.15) is 52.5 Å². The normalized spacial score (nSPS) is 18.7. The minimum atomic E-state index is -1.95. The molecule has 107 heavy (non-hydrogen) atoms. The summed E-state index contributed by atoms with van der Waals surface area (Å²) in [5.74, 6) is -3.01. The van der Waals surface area contributed by atoms with Gasteiger partial charge in [0.15, 0.2) is 5.78 Å². The first-order chi connectivity index (χ1) is 52.7. The minimum Gasteiger partial charge on any atom is -0.393 e. The van der Waals surface area contributed by atoms with Crippen LogP contribution in [0, 0.1) is 23.2 Å². The molecule has 0 saturated heterocycles. The lowest BCUT2D eigenvalue weighted by molar-refractivity contribution is -0.125. The lowest BCUT2D eigenvalue weighted by atomic mass is 9.63. The van der Waals surface area contributed by atoms with Crippen LogP contribution in [0.3, 0.4) is 0 Å². The first-order valence-corrected chi connectivity index (χ1v) is 36.5. The summed E-state index contributed by atoms with van der Waals surface area (Å²) in [4.78, 5) is 57.3. The largest absolute Gasteiger partial charge is 0.393 e. The van der Waals surface area contributed by atoms with E-state index in [0.29, 0.717) is 39.5 Å². The van der Waals surface area contributed by atoms with Crippen molar-refractivity contribution in [1.29, 1.82) is 0 Å². The number of carbonyl (C=O) groups is 1. The molecule has 0 spiro atoms. The van der Waals surface area contributed by atoms with E-state index in [1.165, 1.54) is 0 Å². The molecular formula is C96H66N8O3. The third-order valence-electron chi connectivity index (χ3n) is 23.2. The summed E-state index contributed by atoms with van der Waals surface area (Å²) in [6, 6.07) is 99.8. The number of fused-ring (bicyclic) bond motifs is 28. The van der Waals surface area contributed by atoms with Gasteiger partial charge >= 0.3 is 0 Å². The van der Waals surface area contributed by atoms with Crippen molar-refractivity contribution in [3.63, 3.8) is 0 Å². The molecule has 7 aliphatic rings. The highest BCUT2D eigenvalue weighted by Crippen LogP contribution is 2.78. The maximum absolute atomic E-state index is 17.9. The predicted octanol–water partition coefficient (Wildman–Crippen LogP) is 21.3. The van der Waals surface area contributed by atoms with Crippen molar-refractivity contribution >= 4 is 96.5 Å². The Hall–Kier alpha value is -13.5. The van der Waals surface area contributed by atoms with Gasteiger partial charge in [0, 0.05) is 112 Å². The second kappa shape index (κ2) is 24.1. The molecule has 21 rings (SSSR count). The Morgan fingerprint density at radius 1 is 0.299 bits per heavy atom. The number of nitrogens with one attached hydrogen (secondary N) is 4. The second-order valence-corrected chi connectivity index (χ2v) is 28.9. The molecule has 1 saturated carbocycles. The van der Waals surface area contributed by atoms with Crippen molar-refractivity contribution in [3.8, 4) is 89.0 Å². The number of ketones is 1. The summed E-state index contributed by atoms with van der Waals surface area (Å²) in [6.07, 6.45) is 8.44. The Morgan fingerprint density at radius 3 is 0.832 bits per heavy atom. The highest BCUT2D eigenvalue weighted by Gasteiger charge is 2.79. The van der Waals surface area contributed by atoms with Crippen LogP contribution in [-0.2, 0) is 4.79 Å². The summed E-state index contributed by atoms with van der Waals surface area (Å²) in [7, 11) is 0. The van der Waals surface area contributed by atoms with Crippen LogP contribution < -0.4 is 0 Å². The number of hydrogen-bond donors (Lipinski definition) is 6. The van der Waals surface area contributed by atoms with Gasteiger partial charge in [-0.3, -0.25) is 4.79 Å². The molecular weight excluding hydrogens is 1310 g/mol. The molecule has 6 aromatic heterocycles. The van der Waals surface area contributed by atoms with E-state index < -0.39 is 35.4 Å². The minimum absolute atomic E-state index is 0.178. The SMILES string of the molecule is CC12C(=O)C3=C(c4nc3c(-c3ccccc3)c3ccc([nH]3)c(-c3ccccc3)c3nc(c(-c5ccccc5)c5ccc([nH]5)c4-c4ccccc4)C=C3)C1[C@H]1C3=C(c4nc3c(-c3ccccc3)c3ccc([nH]3)c(-c3ccccc3)c3nc(c(-c5ccccc5)c5ccc([nH]5)c4-c4ccccc4)C=C3)[C@@H]2C1(O)CO. The highest BCUT2D eigenvalue weighted by atomic mass is 16.3. The molecule has 8 aromatic carbocycles. The number of carbonyl (C=O) groups excluding carboxylic acids is 1. The third kappa shape index (κ3) is 9.31. The van der Waals surface area contributed by atoms with E-state index >= 15 is 4.79 Å². The number of aliphatic hydroxyl groups excluding tert-OH is 1.